The van der Waals surface area contributed by atoms with Gasteiger partial charge in [0.15, 0.2) is 0 Å². The Labute approximate surface area is 161 Å². The number of carbonyl (C=O) groups excluding carboxylic acids is 1. The summed E-state index contributed by atoms with van der Waals surface area (Å²) in [6.45, 7) is 3.13. The maximum atomic E-state index is 12.9. The minimum absolute atomic E-state index is 0.0206. The Hall–Kier alpha value is -1.52. The van der Waals surface area contributed by atoms with E-state index >= 15 is 0 Å². The van der Waals surface area contributed by atoms with Gasteiger partial charge in [-0.05, 0) is 18.6 Å². The van der Waals surface area contributed by atoms with Crippen LogP contribution >= 0.6 is 0 Å². The van der Waals surface area contributed by atoms with Gasteiger partial charge in [0.05, 0.1) is 6.61 Å². The van der Waals surface area contributed by atoms with Crippen molar-refractivity contribution < 1.29 is 17.9 Å². The van der Waals surface area contributed by atoms with Gasteiger partial charge in [0.2, 0.25) is 0 Å². The van der Waals surface area contributed by atoms with E-state index < -0.39 is 10.2 Å². The van der Waals surface area contributed by atoms with Gasteiger partial charge in [-0.15, -0.1) is 0 Å². The van der Waals surface area contributed by atoms with Crippen LogP contribution in [0.1, 0.15) is 16.8 Å². The number of ether oxygens (including phenoxy) is 1. The molecule has 1 aromatic carbocycles. The van der Waals surface area contributed by atoms with Gasteiger partial charge >= 0.3 is 0 Å². The standard InChI is InChI=1S/C18H28N4O4S/c1-20(10-11-26-2)27(24,25)19-12-17-14-22(16-8-9-21(17)13-16)18(23)15-6-4-3-5-7-15/h3-7,16-17,19H,8-14H2,1-2H3. The van der Waals surface area contributed by atoms with Crippen molar-refractivity contribution in [3.05, 3.63) is 35.9 Å². The van der Waals surface area contributed by atoms with Gasteiger partial charge in [-0.1, -0.05) is 18.2 Å². The molecule has 0 saturated carbocycles. The van der Waals surface area contributed by atoms with Crippen LogP contribution in [-0.4, -0.2) is 94.0 Å². The largest absolute Gasteiger partial charge is 0.383 e. The number of nitrogens with zero attached hydrogens (tertiary/aromatic N) is 3. The molecule has 1 amide bonds. The van der Waals surface area contributed by atoms with E-state index in [0.29, 0.717) is 25.3 Å². The maximum absolute atomic E-state index is 12.9. The molecule has 2 aliphatic heterocycles. The van der Waals surface area contributed by atoms with Crippen molar-refractivity contribution in [1.29, 1.82) is 0 Å². The number of benzene rings is 1. The Balaban J connectivity index is 1.64. The number of fused-ring (bicyclic) bond motifs is 2. The van der Waals surface area contributed by atoms with Crippen molar-refractivity contribution in [2.45, 2.75) is 18.5 Å². The number of hydrogen-bond acceptors (Lipinski definition) is 5. The van der Waals surface area contributed by atoms with Gasteiger partial charge in [0, 0.05) is 64.5 Å². The van der Waals surface area contributed by atoms with Crippen molar-refractivity contribution in [2.75, 3.05) is 53.5 Å². The summed E-state index contributed by atoms with van der Waals surface area (Å²) < 4.78 is 33.6. The Morgan fingerprint density at radius 1 is 1.30 bits per heavy atom. The minimum atomic E-state index is -3.57. The molecular weight excluding hydrogens is 368 g/mol. The number of hydrogen-bond donors (Lipinski definition) is 1. The third-order valence-corrected chi connectivity index (χ3v) is 6.90. The van der Waals surface area contributed by atoms with E-state index in [2.05, 4.69) is 9.62 Å². The van der Waals surface area contributed by atoms with E-state index in [1.807, 2.05) is 35.2 Å². The lowest BCUT2D eigenvalue weighted by Crippen LogP contribution is -2.58. The highest BCUT2D eigenvalue weighted by molar-refractivity contribution is 7.87. The second-order valence-electron chi connectivity index (χ2n) is 7.08. The first-order valence-corrected chi connectivity index (χ1v) is 10.7. The summed E-state index contributed by atoms with van der Waals surface area (Å²) in [7, 11) is -0.500. The summed E-state index contributed by atoms with van der Waals surface area (Å²) in [6.07, 6.45) is 0.926. The molecule has 2 heterocycles. The van der Waals surface area contributed by atoms with Gasteiger partial charge in [-0.2, -0.15) is 12.7 Å². The van der Waals surface area contributed by atoms with Gasteiger partial charge in [0.1, 0.15) is 0 Å². The molecule has 3 unspecified atom stereocenters. The van der Waals surface area contributed by atoms with Gasteiger partial charge in [-0.25, -0.2) is 4.72 Å². The van der Waals surface area contributed by atoms with Crippen molar-refractivity contribution in [3.8, 4) is 0 Å². The predicted octanol–water partition coefficient (Wildman–Crippen LogP) is -0.00210. The molecule has 0 radical (unpaired) electrons. The lowest BCUT2D eigenvalue weighted by molar-refractivity contribution is 0.0502. The van der Waals surface area contributed by atoms with Crippen LogP contribution in [0.4, 0.5) is 0 Å². The quantitative estimate of drug-likeness (QED) is 0.669. The second kappa shape index (κ2) is 8.66. The fraction of sp³-hybridized carbons (Fsp3) is 0.611. The molecule has 27 heavy (non-hydrogen) atoms. The Bertz CT molecular complexity index is 743. The zero-order valence-electron chi connectivity index (χ0n) is 15.9. The van der Waals surface area contributed by atoms with E-state index in [1.54, 1.807) is 0 Å². The highest BCUT2D eigenvalue weighted by Crippen LogP contribution is 2.26. The third kappa shape index (κ3) is 4.67. The monoisotopic (exact) mass is 396 g/mol. The van der Waals surface area contributed by atoms with Crippen LogP contribution in [-0.2, 0) is 14.9 Å². The molecule has 0 spiro atoms. The fourth-order valence-electron chi connectivity index (χ4n) is 3.69. The highest BCUT2D eigenvalue weighted by atomic mass is 32.2. The summed E-state index contributed by atoms with van der Waals surface area (Å²) >= 11 is 0. The molecule has 3 atom stereocenters. The molecule has 1 aromatic rings. The van der Waals surface area contributed by atoms with Crippen LogP contribution in [0.25, 0.3) is 0 Å². The lowest BCUT2D eigenvalue weighted by atomic mass is 10.1. The smallest absolute Gasteiger partial charge is 0.279 e. The molecule has 2 saturated heterocycles. The number of piperazine rings is 1. The molecule has 2 fully saturated rings. The summed E-state index contributed by atoms with van der Waals surface area (Å²) in [5.74, 6) is 0.0206. The highest BCUT2D eigenvalue weighted by Gasteiger charge is 2.41. The molecule has 0 aliphatic carbocycles. The molecule has 3 rings (SSSR count). The van der Waals surface area contributed by atoms with Crippen LogP contribution in [0.2, 0.25) is 0 Å². The predicted molar refractivity (Wildman–Crippen MR) is 103 cm³/mol. The third-order valence-electron chi connectivity index (χ3n) is 5.36. The van der Waals surface area contributed by atoms with Gasteiger partial charge in [-0.3, -0.25) is 9.69 Å². The SMILES string of the molecule is COCCN(C)S(=O)(=O)NCC1CN(C(=O)c2ccccc2)C2CCN1C2. The molecular formula is C18H28N4O4S. The van der Waals surface area contributed by atoms with Crippen molar-refractivity contribution in [1.82, 2.24) is 18.8 Å². The number of likely N-dealkylation sites (N-methyl/N-ethyl adjacent to an activating group) is 1. The maximum Gasteiger partial charge on any atom is 0.279 e. The molecule has 150 valence electrons. The van der Waals surface area contributed by atoms with Crippen LogP contribution in [0, 0.1) is 0 Å². The van der Waals surface area contributed by atoms with E-state index in [-0.39, 0.29) is 24.5 Å². The van der Waals surface area contributed by atoms with Crippen molar-refractivity contribution >= 4 is 16.1 Å². The zero-order chi connectivity index (χ0) is 19.4. The van der Waals surface area contributed by atoms with Crippen LogP contribution in [0.15, 0.2) is 30.3 Å². The van der Waals surface area contributed by atoms with Gasteiger partial charge in [0.25, 0.3) is 16.1 Å². The second-order valence-corrected chi connectivity index (χ2v) is 8.94. The molecule has 9 heteroatoms. The van der Waals surface area contributed by atoms with Crippen molar-refractivity contribution in [3.63, 3.8) is 0 Å². The molecule has 2 bridgehead atoms. The summed E-state index contributed by atoms with van der Waals surface area (Å²) in [4.78, 5) is 17.1. The number of methoxy groups -OCH3 is 1. The molecule has 2 aliphatic rings. The van der Waals surface area contributed by atoms with Crippen LogP contribution < -0.4 is 4.72 Å². The van der Waals surface area contributed by atoms with E-state index in [1.165, 1.54) is 18.5 Å². The summed E-state index contributed by atoms with van der Waals surface area (Å²) in [5, 5.41) is 0. The number of rotatable bonds is 8. The number of amides is 1. The first kappa shape index (κ1) is 20.2. The first-order chi connectivity index (χ1) is 12.9. The normalized spacial score (nSPS) is 25.1. The summed E-state index contributed by atoms with van der Waals surface area (Å²) in [6, 6.07) is 9.44. The topological polar surface area (TPSA) is 82.2 Å². The number of nitrogens with one attached hydrogen (secondary N) is 1. The van der Waals surface area contributed by atoms with Crippen molar-refractivity contribution in [2.24, 2.45) is 0 Å². The first-order valence-electron chi connectivity index (χ1n) is 9.22. The Morgan fingerprint density at radius 2 is 2.04 bits per heavy atom. The molecule has 1 N–H and O–H groups in total. The molecule has 0 aromatic heterocycles. The zero-order valence-corrected chi connectivity index (χ0v) is 16.7. The van der Waals surface area contributed by atoms with Gasteiger partial charge < -0.3 is 9.64 Å². The van der Waals surface area contributed by atoms with E-state index in [4.69, 9.17) is 4.74 Å². The average molecular weight is 397 g/mol. The van der Waals surface area contributed by atoms with Crippen LogP contribution in [0.5, 0.6) is 0 Å². The molecule has 8 nitrogen and oxygen atoms in total. The Kier molecular flexibility index (Phi) is 6.48. The van der Waals surface area contributed by atoms with E-state index in [9.17, 15) is 13.2 Å². The average Bonchev–Trinajstić information content (AvgIpc) is 3.09. The summed E-state index contributed by atoms with van der Waals surface area (Å²) in [5.41, 5.74) is 0.677. The van der Waals surface area contributed by atoms with Crippen LogP contribution in [0.3, 0.4) is 0 Å². The minimum Gasteiger partial charge on any atom is -0.383 e. The van der Waals surface area contributed by atoms with E-state index in [0.717, 1.165) is 19.5 Å². The number of carbonyl (C=O) groups is 1. The lowest BCUT2D eigenvalue weighted by Gasteiger charge is -2.40. The fourth-order valence-corrected chi connectivity index (χ4v) is 4.62. The Morgan fingerprint density at radius 3 is 2.74 bits per heavy atom.